The highest BCUT2D eigenvalue weighted by Gasteiger charge is 2.16. The summed E-state index contributed by atoms with van der Waals surface area (Å²) in [5, 5.41) is 7.38. The molecular formula is C15H15N5O2. The lowest BCUT2D eigenvalue weighted by molar-refractivity contribution is -0.143. The summed E-state index contributed by atoms with van der Waals surface area (Å²) < 4.78 is 0. The van der Waals surface area contributed by atoms with Crippen molar-refractivity contribution in [1.82, 2.24) is 15.2 Å². The van der Waals surface area contributed by atoms with Crippen LogP contribution in [-0.2, 0) is 16.1 Å². The summed E-state index contributed by atoms with van der Waals surface area (Å²) in [7, 11) is 0. The van der Waals surface area contributed by atoms with Crippen molar-refractivity contribution in [3.63, 3.8) is 0 Å². The molecule has 0 amide bonds. The molecule has 0 aliphatic rings. The molecule has 112 valence electrons. The number of benzene rings is 1. The summed E-state index contributed by atoms with van der Waals surface area (Å²) in [6.45, 7) is 1.99. The van der Waals surface area contributed by atoms with Crippen LogP contribution in [-0.4, -0.2) is 21.2 Å². The van der Waals surface area contributed by atoms with Gasteiger partial charge in [-0.15, -0.1) is 0 Å². The Kier molecular flexibility index (Phi) is 3.48. The average Bonchev–Trinajstić information content (AvgIpc) is 2.89. The number of anilines is 1. The molecule has 3 rings (SSSR count). The van der Waals surface area contributed by atoms with Crippen LogP contribution in [0.5, 0.6) is 0 Å². The predicted octanol–water partition coefficient (Wildman–Crippen LogP) is 1.47. The second-order valence-electron chi connectivity index (χ2n) is 4.98. The third kappa shape index (κ3) is 2.38. The van der Waals surface area contributed by atoms with Gasteiger partial charge in [0.15, 0.2) is 5.65 Å². The number of nitrogen functional groups attached to an aromatic ring is 1. The maximum absolute atomic E-state index is 11.5. The third-order valence-corrected chi connectivity index (χ3v) is 3.52. The van der Waals surface area contributed by atoms with Crippen molar-refractivity contribution in [2.75, 3.05) is 5.73 Å². The third-order valence-electron chi connectivity index (χ3n) is 3.52. The Hall–Kier alpha value is -2.93. The molecule has 0 unspecified atom stereocenters. The van der Waals surface area contributed by atoms with Crippen LogP contribution in [0.25, 0.3) is 22.3 Å². The lowest BCUT2D eigenvalue weighted by Crippen LogP contribution is -2.13. The fraction of sp³-hybridized carbons (Fsp3) is 0.133. The number of nitrogens with two attached hydrogens (primary N) is 2. The lowest BCUT2D eigenvalue weighted by atomic mass is 10.0. The Bertz CT molecular complexity index is 856. The molecule has 0 saturated carbocycles. The van der Waals surface area contributed by atoms with E-state index >= 15 is 0 Å². The van der Waals surface area contributed by atoms with E-state index in [-0.39, 0.29) is 6.42 Å². The molecule has 0 aliphatic carbocycles. The zero-order valence-corrected chi connectivity index (χ0v) is 12.0. The minimum Gasteiger partial charge on any atom is -0.384 e. The van der Waals surface area contributed by atoms with E-state index in [4.69, 9.17) is 11.6 Å². The molecule has 0 atom stereocenters. The van der Waals surface area contributed by atoms with E-state index in [0.29, 0.717) is 22.4 Å². The van der Waals surface area contributed by atoms with Crippen LogP contribution in [0, 0.1) is 6.92 Å². The van der Waals surface area contributed by atoms with Crippen LogP contribution >= 0.6 is 0 Å². The topological polar surface area (TPSA) is 120 Å². The number of rotatable bonds is 3. The number of nitrogens with zero attached hydrogens (tertiary/aromatic N) is 2. The molecule has 0 aliphatic heterocycles. The number of pyridine rings is 1. The predicted molar refractivity (Wildman–Crippen MR) is 82.5 cm³/mol. The molecule has 5 N–H and O–H groups in total. The molecular weight excluding hydrogens is 282 g/mol. The summed E-state index contributed by atoms with van der Waals surface area (Å²) in [5.74, 6) is 4.74. The molecule has 3 aromatic rings. The van der Waals surface area contributed by atoms with Crippen LogP contribution in [0.3, 0.4) is 0 Å². The second kappa shape index (κ2) is 5.45. The van der Waals surface area contributed by atoms with Gasteiger partial charge in [0.1, 0.15) is 5.82 Å². The fourth-order valence-electron chi connectivity index (χ4n) is 2.46. The van der Waals surface area contributed by atoms with E-state index in [1.807, 2.05) is 37.3 Å². The van der Waals surface area contributed by atoms with E-state index < -0.39 is 5.97 Å². The number of hydrogen-bond donors (Lipinski definition) is 3. The number of aryl methyl sites for hydroxylation is 1. The van der Waals surface area contributed by atoms with E-state index in [2.05, 4.69) is 20.0 Å². The van der Waals surface area contributed by atoms with Crippen molar-refractivity contribution in [1.29, 1.82) is 0 Å². The summed E-state index contributed by atoms with van der Waals surface area (Å²) in [5.41, 5.74) is 9.76. The average molecular weight is 297 g/mol. The molecule has 7 heteroatoms. The molecule has 7 nitrogen and oxygen atoms in total. The molecule has 22 heavy (non-hydrogen) atoms. The number of aromatic nitrogens is 3. The minimum atomic E-state index is -0.552. The van der Waals surface area contributed by atoms with Crippen molar-refractivity contribution in [3.05, 3.63) is 41.5 Å². The summed E-state index contributed by atoms with van der Waals surface area (Å²) in [4.78, 5) is 20.3. The standard InChI is InChI=1S/C15H15N5O2/c1-8-4-2-3-5-10(8)11-6-9(7-12(21)22-17)13-14(16)19-20-15(13)18-11/h2-6H,7,17H2,1H3,(H3,16,18,19,20). The summed E-state index contributed by atoms with van der Waals surface area (Å²) in [6, 6.07) is 9.66. The lowest BCUT2D eigenvalue weighted by Gasteiger charge is -2.08. The number of fused-ring (bicyclic) bond motifs is 1. The summed E-state index contributed by atoms with van der Waals surface area (Å²) in [6.07, 6.45) is -0.00185. The minimum absolute atomic E-state index is 0.00185. The van der Waals surface area contributed by atoms with Crippen molar-refractivity contribution in [2.24, 2.45) is 5.90 Å². The van der Waals surface area contributed by atoms with Gasteiger partial charge >= 0.3 is 5.97 Å². The van der Waals surface area contributed by atoms with Crippen LogP contribution in [0.15, 0.2) is 30.3 Å². The quantitative estimate of drug-likeness (QED) is 0.630. The molecule has 0 bridgehead atoms. The summed E-state index contributed by atoms with van der Waals surface area (Å²) >= 11 is 0. The second-order valence-corrected chi connectivity index (χ2v) is 4.98. The van der Waals surface area contributed by atoms with Gasteiger partial charge in [0.25, 0.3) is 0 Å². The molecule has 0 radical (unpaired) electrons. The highest BCUT2D eigenvalue weighted by molar-refractivity contribution is 5.93. The van der Waals surface area contributed by atoms with Gasteiger partial charge in [-0.3, -0.25) is 9.89 Å². The Morgan fingerprint density at radius 3 is 2.86 bits per heavy atom. The number of carbonyl (C=O) groups excluding carboxylic acids is 1. The Labute approximate surface area is 126 Å². The number of H-pyrrole nitrogens is 1. The molecule has 2 heterocycles. The maximum atomic E-state index is 11.5. The van der Waals surface area contributed by atoms with E-state index in [0.717, 1.165) is 16.8 Å². The zero-order chi connectivity index (χ0) is 15.7. The number of hydrogen-bond acceptors (Lipinski definition) is 6. The molecule has 2 aromatic heterocycles. The maximum Gasteiger partial charge on any atom is 0.328 e. The van der Waals surface area contributed by atoms with Gasteiger partial charge < -0.3 is 10.6 Å². The molecule has 0 fully saturated rings. The first-order valence-electron chi connectivity index (χ1n) is 6.69. The van der Waals surface area contributed by atoms with E-state index in [1.165, 1.54) is 0 Å². The van der Waals surface area contributed by atoms with Gasteiger partial charge in [-0.1, -0.05) is 24.3 Å². The smallest absolute Gasteiger partial charge is 0.328 e. The number of aromatic amines is 1. The number of carbonyl (C=O) groups is 1. The molecule has 0 saturated heterocycles. The first-order chi connectivity index (χ1) is 10.6. The first-order valence-corrected chi connectivity index (χ1v) is 6.69. The zero-order valence-electron chi connectivity index (χ0n) is 12.0. The van der Waals surface area contributed by atoms with Crippen molar-refractivity contribution >= 4 is 22.8 Å². The first kappa shape index (κ1) is 14.0. The van der Waals surface area contributed by atoms with Gasteiger partial charge in [0.05, 0.1) is 17.5 Å². The normalized spacial score (nSPS) is 10.8. The van der Waals surface area contributed by atoms with Gasteiger partial charge in [0, 0.05) is 5.56 Å². The van der Waals surface area contributed by atoms with Crippen LogP contribution in [0.4, 0.5) is 5.82 Å². The molecule has 1 aromatic carbocycles. The Morgan fingerprint density at radius 1 is 1.36 bits per heavy atom. The highest BCUT2D eigenvalue weighted by atomic mass is 16.7. The van der Waals surface area contributed by atoms with Crippen molar-refractivity contribution in [2.45, 2.75) is 13.3 Å². The van der Waals surface area contributed by atoms with Crippen LogP contribution in [0.2, 0.25) is 0 Å². The van der Waals surface area contributed by atoms with E-state index in [9.17, 15) is 4.79 Å². The van der Waals surface area contributed by atoms with Gasteiger partial charge in [-0.25, -0.2) is 4.98 Å². The van der Waals surface area contributed by atoms with Gasteiger partial charge in [-0.05, 0) is 24.1 Å². The van der Waals surface area contributed by atoms with Gasteiger partial charge in [-0.2, -0.15) is 11.0 Å². The van der Waals surface area contributed by atoms with Crippen LogP contribution in [0.1, 0.15) is 11.1 Å². The fourth-order valence-corrected chi connectivity index (χ4v) is 2.46. The van der Waals surface area contributed by atoms with Crippen molar-refractivity contribution in [3.8, 4) is 11.3 Å². The Morgan fingerprint density at radius 2 is 2.14 bits per heavy atom. The monoisotopic (exact) mass is 297 g/mol. The van der Waals surface area contributed by atoms with Crippen molar-refractivity contribution < 1.29 is 9.63 Å². The number of nitrogens with one attached hydrogen (secondary N) is 1. The van der Waals surface area contributed by atoms with Gasteiger partial charge in [0.2, 0.25) is 0 Å². The molecule has 0 spiro atoms. The van der Waals surface area contributed by atoms with E-state index in [1.54, 1.807) is 0 Å². The van der Waals surface area contributed by atoms with Crippen LogP contribution < -0.4 is 11.6 Å². The highest BCUT2D eigenvalue weighted by Crippen LogP contribution is 2.28. The largest absolute Gasteiger partial charge is 0.384 e. The SMILES string of the molecule is Cc1ccccc1-c1cc(CC(=O)ON)c2c(N)[nH]nc2n1. The Balaban J connectivity index is 2.21.